The van der Waals surface area contributed by atoms with Gasteiger partial charge in [0.15, 0.2) is 11.5 Å². The van der Waals surface area contributed by atoms with Crippen LogP contribution in [0.25, 0.3) is 0 Å². The molecule has 1 aromatic carbocycles. The van der Waals surface area contributed by atoms with Crippen LogP contribution in [0.1, 0.15) is 43.0 Å². The predicted octanol–water partition coefficient (Wildman–Crippen LogP) is 3.01. The van der Waals surface area contributed by atoms with Crippen molar-refractivity contribution in [1.29, 1.82) is 0 Å². The highest BCUT2D eigenvalue weighted by molar-refractivity contribution is 5.76. The van der Waals surface area contributed by atoms with Gasteiger partial charge in [0.1, 0.15) is 6.29 Å². The van der Waals surface area contributed by atoms with Gasteiger partial charge in [0, 0.05) is 12.0 Å². The minimum atomic E-state index is -0.149. The third kappa shape index (κ3) is 6.29. The van der Waals surface area contributed by atoms with Crippen molar-refractivity contribution in [2.45, 2.75) is 32.6 Å². The first-order chi connectivity index (χ1) is 10.2. The highest BCUT2D eigenvalue weighted by Crippen LogP contribution is 2.27. The summed E-state index contributed by atoms with van der Waals surface area (Å²) in [5.74, 6) is 1.02. The van der Waals surface area contributed by atoms with Crippen LogP contribution in [0.15, 0.2) is 18.2 Å². The second-order valence-electron chi connectivity index (χ2n) is 4.49. The van der Waals surface area contributed by atoms with Gasteiger partial charge in [-0.15, -0.1) is 0 Å². The van der Waals surface area contributed by atoms with Crippen LogP contribution >= 0.6 is 0 Å². The molecule has 0 saturated carbocycles. The van der Waals surface area contributed by atoms with Crippen molar-refractivity contribution in [1.82, 2.24) is 0 Å². The van der Waals surface area contributed by atoms with Crippen molar-refractivity contribution in [3.63, 3.8) is 0 Å². The quantitative estimate of drug-likeness (QED) is 0.377. The molecule has 1 aromatic rings. The lowest BCUT2D eigenvalue weighted by Gasteiger charge is -2.10. The molecule has 0 unspecified atom stereocenters. The molecule has 0 aliphatic heterocycles. The first-order valence-electron chi connectivity index (χ1n) is 7.13. The summed E-state index contributed by atoms with van der Waals surface area (Å²) >= 11 is 0. The van der Waals surface area contributed by atoms with Gasteiger partial charge in [-0.05, 0) is 44.4 Å². The Morgan fingerprint density at radius 3 is 2.67 bits per heavy atom. The van der Waals surface area contributed by atoms with Gasteiger partial charge >= 0.3 is 5.97 Å². The molecule has 116 valence electrons. The van der Waals surface area contributed by atoms with E-state index in [4.69, 9.17) is 14.2 Å². The predicted molar refractivity (Wildman–Crippen MR) is 79.0 cm³/mol. The summed E-state index contributed by atoms with van der Waals surface area (Å²) in [6.45, 7) is 2.77. The molecule has 0 bridgehead atoms. The first kappa shape index (κ1) is 17.0. The van der Waals surface area contributed by atoms with Crippen LogP contribution in [0.4, 0.5) is 0 Å². The molecule has 1 rings (SSSR count). The van der Waals surface area contributed by atoms with Gasteiger partial charge in [0.05, 0.1) is 20.3 Å². The van der Waals surface area contributed by atoms with Crippen molar-refractivity contribution < 1.29 is 23.8 Å². The van der Waals surface area contributed by atoms with Crippen LogP contribution < -0.4 is 9.47 Å². The Morgan fingerprint density at radius 2 is 2.00 bits per heavy atom. The van der Waals surface area contributed by atoms with Crippen LogP contribution in [-0.2, 0) is 9.53 Å². The van der Waals surface area contributed by atoms with E-state index in [1.165, 1.54) is 7.11 Å². The van der Waals surface area contributed by atoms with Crippen molar-refractivity contribution in [3.05, 3.63) is 23.8 Å². The number of rotatable bonds is 10. The zero-order valence-electron chi connectivity index (χ0n) is 12.6. The maximum Gasteiger partial charge on any atom is 0.305 e. The number of hydrogen-bond donors (Lipinski definition) is 0. The fraction of sp³-hybridized carbons (Fsp3) is 0.500. The van der Waals surface area contributed by atoms with Gasteiger partial charge in [-0.2, -0.15) is 0 Å². The summed E-state index contributed by atoms with van der Waals surface area (Å²) in [6, 6.07) is 5.05. The fourth-order valence-electron chi connectivity index (χ4n) is 1.84. The summed E-state index contributed by atoms with van der Waals surface area (Å²) in [6.07, 6.45) is 3.75. The van der Waals surface area contributed by atoms with Crippen LogP contribution in [-0.4, -0.2) is 32.6 Å². The van der Waals surface area contributed by atoms with Crippen molar-refractivity contribution in [2.75, 3.05) is 20.3 Å². The number of aldehydes is 1. The Hall–Kier alpha value is -2.04. The summed E-state index contributed by atoms with van der Waals surface area (Å²) in [4.78, 5) is 21.8. The molecule has 0 saturated heterocycles. The molecule has 0 amide bonds. The molecule has 0 N–H and O–H groups in total. The molecular weight excluding hydrogens is 272 g/mol. The van der Waals surface area contributed by atoms with Crippen molar-refractivity contribution in [3.8, 4) is 11.5 Å². The van der Waals surface area contributed by atoms with E-state index in [1.54, 1.807) is 25.1 Å². The average Bonchev–Trinajstić information content (AvgIpc) is 2.51. The topological polar surface area (TPSA) is 61.8 Å². The van der Waals surface area contributed by atoms with Gasteiger partial charge in [-0.25, -0.2) is 0 Å². The number of hydrogen-bond acceptors (Lipinski definition) is 5. The largest absolute Gasteiger partial charge is 0.493 e. The van der Waals surface area contributed by atoms with E-state index in [1.807, 2.05) is 0 Å². The Kier molecular flexibility index (Phi) is 7.94. The molecule has 0 aromatic heterocycles. The van der Waals surface area contributed by atoms with Crippen LogP contribution in [0.2, 0.25) is 0 Å². The molecular formula is C16H22O5. The van der Waals surface area contributed by atoms with Gasteiger partial charge in [0.2, 0.25) is 0 Å². The number of ether oxygens (including phenoxy) is 3. The van der Waals surface area contributed by atoms with Gasteiger partial charge in [-0.1, -0.05) is 0 Å². The lowest BCUT2D eigenvalue weighted by atomic mass is 10.2. The zero-order chi connectivity index (χ0) is 15.5. The Labute approximate surface area is 125 Å². The lowest BCUT2D eigenvalue weighted by Crippen LogP contribution is -2.04. The van der Waals surface area contributed by atoms with E-state index in [2.05, 4.69) is 0 Å². The average molecular weight is 294 g/mol. The number of esters is 1. The van der Waals surface area contributed by atoms with Crippen molar-refractivity contribution >= 4 is 12.3 Å². The van der Waals surface area contributed by atoms with Gasteiger partial charge < -0.3 is 14.2 Å². The summed E-state index contributed by atoms with van der Waals surface area (Å²) in [5, 5.41) is 0. The Morgan fingerprint density at radius 1 is 1.19 bits per heavy atom. The molecule has 0 radical (unpaired) electrons. The van der Waals surface area contributed by atoms with Gasteiger partial charge in [-0.3, -0.25) is 9.59 Å². The fourth-order valence-corrected chi connectivity index (χ4v) is 1.84. The highest BCUT2D eigenvalue weighted by Gasteiger charge is 2.06. The summed E-state index contributed by atoms with van der Waals surface area (Å²) < 4.78 is 15.7. The molecule has 0 spiro atoms. The van der Waals surface area contributed by atoms with E-state index in [0.29, 0.717) is 36.7 Å². The van der Waals surface area contributed by atoms with Crippen LogP contribution in [0.3, 0.4) is 0 Å². The van der Waals surface area contributed by atoms with E-state index >= 15 is 0 Å². The van der Waals surface area contributed by atoms with E-state index in [9.17, 15) is 9.59 Å². The van der Waals surface area contributed by atoms with Crippen molar-refractivity contribution in [2.24, 2.45) is 0 Å². The first-order valence-corrected chi connectivity index (χ1v) is 7.13. The molecule has 0 aliphatic rings. The molecule has 0 fully saturated rings. The Balaban J connectivity index is 2.26. The van der Waals surface area contributed by atoms with Crippen LogP contribution in [0, 0.1) is 0 Å². The second-order valence-corrected chi connectivity index (χ2v) is 4.49. The SMILES string of the molecule is CCOC(=O)CCCCCOc1ccc(C=O)cc1OC. The maximum atomic E-state index is 11.1. The third-order valence-corrected chi connectivity index (χ3v) is 2.91. The highest BCUT2D eigenvalue weighted by atomic mass is 16.5. The van der Waals surface area contributed by atoms with Crippen LogP contribution in [0.5, 0.6) is 11.5 Å². The maximum absolute atomic E-state index is 11.1. The number of unbranched alkanes of at least 4 members (excludes halogenated alkanes) is 2. The molecule has 0 atom stereocenters. The van der Waals surface area contributed by atoms with E-state index in [-0.39, 0.29) is 5.97 Å². The standard InChI is InChI=1S/C16H22O5/c1-3-20-16(18)7-5-4-6-10-21-14-9-8-13(12-17)11-15(14)19-2/h8-9,11-12H,3-7,10H2,1-2H3. The molecule has 0 aliphatic carbocycles. The molecule has 21 heavy (non-hydrogen) atoms. The normalized spacial score (nSPS) is 10.0. The van der Waals surface area contributed by atoms with E-state index < -0.39 is 0 Å². The number of carbonyl (C=O) groups is 2. The minimum Gasteiger partial charge on any atom is -0.493 e. The third-order valence-electron chi connectivity index (χ3n) is 2.91. The smallest absolute Gasteiger partial charge is 0.305 e. The zero-order valence-corrected chi connectivity index (χ0v) is 12.6. The summed E-state index contributed by atoms with van der Waals surface area (Å²) in [5.41, 5.74) is 0.550. The number of methoxy groups -OCH3 is 1. The van der Waals surface area contributed by atoms with Gasteiger partial charge in [0.25, 0.3) is 0 Å². The summed E-state index contributed by atoms with van der Waals surface area (Å²) in [7, 11) is 1.54. The number of carbonyl (C=O) groups excluding carboxylic acids is 2. The molecule has 5 nitrogen and oxygen atoms in total. The van der Waals surface area contributed by atoms with E-state index in [0.717, 1.165) is 25.5 Å². The molecule has 0 heterocycles. The number of benzene rings is 1. The lowest BCUT2D eigenvalue weighted by molar-refractivity contribution is -0.143. The Bertz CT molecular complexity index is 456. The minimum absolute atomic E-state index is 0.149. The monoisotopic (exact) mass is 294 g/mol. The molecule has 5 heteroatoms. The second kappa shape index (κ2) is 9.80.